The first-order valence-electron chi connectivity index (χ1n) is 7.53. The maximum absolute atomic E-state index is 12.0. The number of carbonyl (C=O) groups excluding carboxylic acids is 1. The van der Waals surface area contributed by atoms with Gasteiger partial charge in [0, 0.05) is 30.7 Å². The molecule has 3 aromatic rings. The first-order chi connectivity index (χ1) is 12.4. The van der Waals surface area contributed by atoms with Gasteiger partial charge in [-0.25, -0.2) is 14.8 Å². The van der Waals surface area contributed by atoms with E-state index in [1.54, 1.807) is 10.9 Å². The lowest BCUT2D eigenvalue weighted by Crippen LogP contribution is -2.33. The summed E-state index contributed by atoms with van der Waals surface area (Å²) in [5, 5.41) is 7.31. The molecule has 10 heteroatoms. The van der Waals surface area contributed by atoms with Gasteiger partial charge in [0.25, 0.3) is 0 Å². The Morgan fingerprint density at radius 2 is 1.92 bits per heavy atom. The smallest absolute Gasteiger partial charge is 0.306 e. The third kappa shape index (κ3) is 4.41. The number of amides is 2. The van der Waals surface area contributed by atoms with Gasteiger partial charge in [-0.1, -0.05) is 23.2 Å². The first-order valence-corrected chi connectivity index (χ1v) is 8.29. The van der Waals surface area contributed by atoms with Crippen molar-refractivity contribution in [2.45, 2.75) is 6.92 Å². The summed E-state index contributed by atoms with van der Waals surface area (Å²) in [6.07, 6.45) is 3.56. The number of anilines is 2. The van der Waals surface area contributed by atoms with Crippen molar-refractivity contribution in [1.82, 2.24) is 25.2 Å². The summed E-state index contributed by atoms with van der Waals surface area (Å²) in [6, 6.07) is 6.18. The number of urea groups is 1. The van der Waals surface area contributed by atoms with Crippen molar-refractivity contribution >= 4 is 40.7 Å². The average molecular weight is 392 g/mol. The SMILES string of the molecule is Cc1cc(NNC(=O)Nc2cc(Cl)nc(Cl)c2)ncc1-c1ccn(C)n1. The molecule has 2 amide bonds. The number of pyridine rings is 2. The second kappa shape index (κ2) is 7.59. The fraction of sp³-hybridized carbons (Fsp3) is 0.125. The highest BCUT2D eigenvalue weighted by molar-refractivity contribution is 6.32. The summed E-state index contributed by atoms with van der Waals surface area (Å²) in [5.41, 5.74) is 8.37. The number of aryl methyl sites for hydroxylation is 2. The van der Waals surface area contributed by atoms with Gasteiger partial charge in [0.05, 0.1) is 5.69 Å². The second-order valence-electron chi connectivity index (χ2n) is 5.46. The van der Waals surface area contributed by atoms with Crippen LogP contribution < -0.4 is 16.2 Å². The van der Waals surface area contributed by atoms with Crippen LogP contribution in [0, 0.1) is 6.92 Å². The normalized spacial score (nSPS) is 10.5. The highest BCUT2D eigenvalue weighted by Gasteiger charge is 2.08. The molecule has 0 spiro atoms. The number of rotatable bonds is 4. The van der Waals surface area contributed by atoms with E-state index in [-0.39, 0.29) is 10.3 Å². The van der Waals surface area contributed by atoms with Crippen LogP contribution >= 0.6 is 23.2 Å². The number of aromatic nitrogens is 4. The Balaban J connectivity index is 1.62. The average Bonchev–Trinajstić information content (AvgIpc) is 2.98. The number of hydrazine groups is 1. The maximum Gasteiger partial charge on any atom is 0.337 e. The summed E-state index contributed by atoms with van der Waals surface area (Å²) < 4.78 is 1.73. The topological polar surface area (TPSA) is 96.8 Å². The Labute approximate surface area is 159 Å². The van der Waals surface area contributed by atoms with Gasteiger partial charge in [0.15, 0.2) is 0 Å². The van der Waals surface area contributed by atoms with Crippen LogP contribution in [0.15, 0.2) is 36.7 Å². The minimum Gasteiger partial charge on any atom is -0.306 e. The van der Waals surface area contributed by atoms with Gasteiger partial charge < -0.3 is 5.32 Å². The molecule has 0 saturated heterocycles. The van der Waals surface area contributed by atoms with Crippen LogP contribution in [0.3, 0.4) is 0 Å². The van der Waals surface area contributed by atoms with E-state index in [9.17, 15) is 4.79 Å². The van der Waals surface area contributed by atoms with Crippen molar-refractivity contribution in [1.29, 1.82) is 0 Å². The van der Waals surface area contributed by atoms with Gasteiger partial charge in [0.2, 0.25) is 0 Å². The lowest BCUT2D eigenvalue weighted by molar-refractivity contribution is 0.254. The zero-order chi connectivity index (χ0) is 18.7. The van der Waals surface area contributed by atoms with E-state index < -0.39 is 6.03 Å². The van der Waals surface area contributed by atoms with E-state index in [0.717, 1.165) is 16.8 Å². The predicted octanol–water partition coefficient (Wildman–Crippen LogP) is 3.64. The van der Waals surface area contributed by atoms with Gasteiger partial charge >= 0.3 is 6.03 Å². The number of halogens is 2. The van der Waals surface area contributed by atoms with Gasteiger partial charge in [-0.2, -0.15) is 5.10 Å². The highest BCUT2D eigenvalue weighted by Crippen LogP contribution is 2.22. The molecule has 3 N–H and O–H groups in total. The minimum absolute atomic E-state index is 0.183. The van der Waals surface area contributed by atoms with Crippen molar-refractivity contribution in [2.24, 2.45) is 7.05 Å². The Morgan fingerprint density at radius 1 is 1.19 bits per heavy atom. The number of hydrogen-bond acceptors (Lipinski definition) is 5. The maximum atomic E-state index is 12.0. The van der Waals surface area contributed by atoms with Crippen molar-refractivity contribution < 1.29 is 4.79 Å². The zero-order valence-electron chi connectivity index (χ0n) is 13.9. The molecular formula is C16H15Cl2N7O. The Hall–Kier alpha value is -2.84. The molecule has 3 aromatic heterocycles. The fourth-order valence-corrected chi connectivity index (χ4v) is 2.73. The predicted molar refractivity (Wildman–Crippen MR) is 101 cm³/mol. The molecule has 26 heavy (non-hydrogen) atoms. The fourth-order valence-electron chi connectivity index (χ4n) is 2.27. The molecule has 0 atom stereocenters. The Bertz CT molecular complexity index is 937. The highest BCUT2D eigenvalue weighted by atomic mass is 35.5. The summed E-state index contributed by atoms with van der Waals surface area (Å²) in [7, 11) is 1.86. The molecule has 0 aliphatic rings. The molecular weight excluding hydrogens is 377 g/mol. The lowest BCUT2D eigenvalue weighted by atomic mass is 10.1. The summed E-state index contributed by atoms with van der Waals surface area (Å²) in [6.45, 7) is 1.94. The van der Waals surface area contributed by atoms with E-state index in [4.69, 9.17) is 23.2 Å². The molecule has 0 aromatic carbocycles. The van der Waals surface area contributed by atoms with Gasteiger partial charge in [-0.3, -0.25) is 15.5 Å². The lowest BCUT2D eigenvalue weighted by Gasteiger charge is -2.11. The van der Waals surface area contributed by atoms with Crippen LogP contribution in [0.4, 0.5) is 16.3 Å². The standard InChI is InChI=1S/C16H15Cl2N7O/c1-9-5-15(19-8-11(9)12-3-4-25(2)24-12)22-23-16(26)20-10-6-13(17)21-14(18)7-10/h3-8H,1-2H3,(H,19,22)(H2,20,21,23,26). The van der Waals surface area contributed by atoms with Crippen LogP contribution in [0.5, 0.6) is 0 Å². The first kappa shape index (κ1) is 18.0. The van der Waals surface area contributed by atoms with Crippen LogP contribution in [0.1, 0.15) is 5.56 Å². The Kier molecular flexibility index (Phi) is 5.24. The summed E-state index contributed by atoms with van der Waals surface area (Å²) >= 11 is 11.6. The molecule has 0 aliphatic carbocycles. The molecule has 3 rings (SSSR count). The van der Waals surface area contributed by atoms with Crippen LogP contribution in [0.2, 0.25) is 10.3 Å². The molecule has 0 bridgehead atoms. The number of nitrogens with zero attached hydrogens (tertiary/aromatic N) is 4. The van der Waals surface area contributed by atoms with Crippen LogP contribution in [-0.2, 0) is 7.05 Å². The zero-order valence-corrected chi connectivity index (χ0v) is 15.4. The van der Waals surface area contributed by atoms with Crippen LogP contribution in [0.25, 0.3) is 11.3 Å². The van der Waals surface area contributed by atoms with Crippen molar-refractivity contribution in [3.05, 3.63) is 52.5 Å². The molecule has 134 valence electrons. The van der Waals surface area contributed by atoms with Crippen molar-refractivity contribution in [2.75, 3.05) is 10.7 Å². The van der Waals surface area contributed by atoms with Crippen molar-refractivity contribution in [3.8, 4) is 11.3 Å². The molecule has 0 unspecified atom stereocenters. The van der Waals surface area contributed by atoms with Crippen molar-refractivity contribution in [3.63, 3.8) is 0 Å². The van der Waals surface area contributed by atoms with Gasteiger partial charge in [0.1, 0.15) is 16.1 Å². The monoisotopic (exact) mass is 391 g/mol. The third-order valence-electron chi connectivity index (χ3n) is 3.43. The molecule has 0 radical (unpaired) electrons. The molecule has 8 nitrogen and oxygen atoms in total. The van der Waals surface area contributed by atoms with Crippen LogP contribution in [-0.4, -0.2) is 25.8 Å². The molecule has 0 aliphatic heterocycles. The second-order valence-corrected chi connectivity index (χ2v) is 6.24. The van der Waals surface area contributed by atoms with E-state index >= 15 is 0 Å². The number of carbonyl (C=O) groups is 1. The van der Waals surface area contributed by atoms with E-state index in [1.165, 1.54) is 12.1 Å². The number of nitrogens with one attached hydrogen (secondary N) is 3. The molecule has 3 heterocycles. The quantitative estimate of drug-likeness (QED) is 0.465. The van der Waals surface area contributed by atoms with E-state index in [2.05, 4.69) is 31.2 Å². The Morgan fingerprint density at radius 3 is 2.54 bits per heavy atom. The van der Waals surface area contributed by atoms with Gasteiger partial charge in [-0.15, -0.1) is 0 Å². The van der Waals surface area contributed by atoms with E-state index in [1.807, 2.05) is 32.3 Å². The summed E-state index contributed by atoms with van der Waals surface area (Å²) in [5.74, 6) is 0.489. The molecule has 0 fully saturated rings. The largest absolute Gasteiger partial charge is 0.337 e. The minimum atomic E-state index is -0.503. The summed E-state index contributed by atoms with van der Waals surface area (Å²) in [4.78, 5) is 20.0. The number of hydrogen-bond donors (Lipinski definition) is 3. The molecule has 0 saturated carbocycles. The van der Waals surface area contributed by atoms with Gasteiger partial charge in [-0.05, 0) is 36.8 Å². The third-order valence-corrected chi connectivity index (χ3v) is 3.81. The van der Waals surface area contributed by atoms with E-state index in [0.29, 0.717) is 11.5 Å².